The molecule has 1 fully saturated rings. The zero-order chi connectivity index (χ0) is 12.2. The van der Waals surface area contributed by atoms with Crippen molar-refractivity contribution in [1.29, 1.82) is 0 Å². The van der Waals surface area contributed by atoms with E-state index in [0.29, 0.717) is 6.04 Å². The van der Waals surface area contributed by atoms with Crippen LogP contribution in [0.1, 0.15) is 40.0 Å². The summed E-state index contributed by atoms with van der Waals surface area (Å²) in [5.74, 6) is 0. The summed E-state index contributed by atoms with van der Waals surface area (Å²) in [4.78, 5) is 4.85. The number of hydrogen-bond donors (Lipinski definition) is 1. The average Bonchev–Trinajstić information content (AvgIpc) is 2.28. The standard InChI is InChI=1S/C13H28N2O/c1-5-13(3,16)11-14(4)12-7-9-15(6-2)10-8-12/h12,16H,5-11H2,1-4H3. The summed E-state index contributed by atoms with van der Waals surface area (Å²) >= 11 is 0. The van der Waals surface area contributed by atoms with Gasteiger partial charge in [-0.1, -0.05) is 13.8 Å². The predicted molar refractivity (Wildman–Crippen MR) is 68.7 cm³/mol. The van der Waals surface area contributed by atoms with E-state index in [2.05, 4.69) is 23.8 Å². The Kier molecular flexibility index (Phi) is 5.22. The van der Waals surface area contributed by atoms with Crippen LogP contribution in [-0.4, -0.2) is 59.8 Å². The molecule has 0 aromatic carbocycles. The highest BCUT2D eigenvalue weighted by Gasteiger charge is 2.26. The second kappa shape index (κ2) is 5.99. The Hall–Kier alpha value is -0.120. The van der Waals surface area contributed by atoms with Crippen LogP contribution >= 0.6 is 0 Å². The third-order valence-corrected chi connectivity index (χ3v) is 3.98. The first-order valence-corrected chi connectivity index (χ1v) is 6.63. The van der Waals surface area contributed by atoms with Crippen molar-refractivity contribution < 1.29 is 5.11 Å². The Bertz CT molecular complexity index is 198. The van der Waals surface area contributed by atoms with Gasteiger partial charge in [0.25, 0.3) is 0 Å². The molecule has 0 spiro atoms. The van der Waals surface area contributed by atoms with Gasteiger partial charge in [0.2, 0.25) is 0 Å². The summed E-state index contributed by atoms with van der Waals surface area (Å²) in [6, 6.07) is 0.654. The van der Waals surface area contributed by atoms with E-state index >= 15 is 0 Å². The molecule has 0 aliphatic carbocycles. The summed E-state index contributed by atoms with van der Waals surface area (Å²) in [6.07, 6.45) is 3.30. The van der Waals surface area contributed by atoms with Gasteiger partial charge in [-0.25, -0.2) is 0 Å². The summed E-state index contributed by atoms with van der Waals surface area (Å²) in [7, 11) is 2.15. The number of likely N-dealkylation sites (tertiary alicyclic amines) is 1. The lowest BCUT2D eigenvalue weighted by Gasteiger charge is -2.39. The molecule has 1 rings (SSSR count). The molecule has 0 radical (unpaired) electrons. The van der Waals surface area contributed by atoms with Crippen LogP contribution in [0.15, 0.2) is 0 Å². The third-order valence-electron chi connectivity index (χ3n) is 3.98. The van der Waals surface area contributed by atoms with Crippen molar-refractivity contribution in [2.45, 2.75) is 51.7 Å². The molecule has 1 aliphatic rings. The number of nitrogens with zero attached hydrogens (tertiary/aromatic N) is 2. The van der Waals surface area contributed by atoms with E-state index in [1.54, 1.807) is 0 Å². The lowest BCUT2D eigenvalue weighted by Crippen LogP contribution is -2.48. The van der Waals surface area contributed by atoms with Gasteiger partial charge in [0, 0.05) is 12.6 Å². The SMILES string of the molecule is CCN1CCC(N(C)CC(C)(O)CC)CC1. The predicted octanol–water partition coefficient (Wildman–Crippen LogP) is 1.56. The molecule has 1 aliphatic heterocycles. The number of aliphatic hydroxyl groups is 1. The maximum absolute atomic E-state index is 10.1. The highest BCUT2D eigenvalue weighted by Crippen LogP contribution is 2.18. The maximum Gasteiger partial charge on any atom is 0.0743 e. The van der Waals surface area contributed by atoms with Crippen LogP contribution in [0.2, 0.25) is 0 Å². The van der Waals surface area contributed by atoms with E-state index in [1.165, 1.54) is 32.5 Å². The zero-order valence-electron chi connectivity index (χ0n) is 11.4. The minimum absolute atomic E-state index is 0.531. The molecule has 1 unspecified atom stereocenters. The fourth-order valence-electron chi connectivity index (χ4n) is 2.45. The van der Waals surface area contributed by atoms with Crippen LogP contribution in [0.3, 0.4) is 0 Å². The van der Waals surface area contributed by atoms with Crippen molar-refractivity contribution in [2.75, 3.05) is 33.2 Å². The molecule has 0 bridgehead atoms. The van der Waals surface area contributed by atoms with Crippen molar-refractivity contribution in [2.24, 2.45) is 0 Å². The van der Waals surface area contributed by atoms with Crippen LogP contribution in [0, 0.1) is 0 Å². The Balaban J connectivity index is 2.36. The molecule has 3 heteroatoms. The number of piperidine rings is 1. The minimum Gasteiger partial charge on any atom is -0.389 e. The van der Waals surface area contributed by atoms with Crippen molar-refractivity contribution in [3.63, 3.8) is 0 Å². The Morgan fingerprint density at radius 3 is 2.31 bits per heavy atom. The van der Waals surface area contributed by atoms with E-state index in [4.69, 9.17) is 0 Å². The first kappa shape index (κ1) is 13.9. The lowest BCUT2D eigenvalue weighted by atomic mass is 9.99. The van der Waals surface area contributed by atoms with Crippen molar-refractivity contribution in [1.82, 2.24) is 9.80 Å². The molecule has 1 N–H and O–H groups in total. The Morgan fingerprint density at radius 1 is 1.31 bits per heavy atom. The fraction of sp³-hybridized carbons (Fsp3) is 1.00. The van der Waals surface area contributed by atoms with E-state index in [-0.39, 0.29) is 0 Å². The largest absolute Gasteiger partial charge is 0.389 e. The normalized spacial score (nSPS) is 23.6. The Morgan fingerprint density at radius 2 is 1.88 bits per heavy atom. The quantitative estimate of drug-likeness (QED) is 0.773. The molecule has 1 atom stereocenters. The lowest BCUT2D eigenvalue weighted by molar-refractivity contribution is 0.00272. The van der Waals surface area contributed by atoms with E-state index < -0.39 is 5.60 Å². The summed E-state index contributed by atoms with van der Waals surface area (Å²) in [6.45, 7) is 10.6. The van der Waals surface area contributed by atoms with Gasteiger partial charge in [0.15, 0.2) is 0 Å². The highest BCUT2D eigenvalue weighted by molar-refractivity contribution is 4.82. The van der Waals surface area contributed by atoms with Gasteiger partial charge in [-0.2, -0.15) is 0 Å². The van der Waals surface area contributed by atoms with Crippen LogP contribution in [-0.2, 0) is 0 Å². The monoisotopic (exact) mass is 228 g/mol. The van der Waals surface area contributed by atoms with Crippen LogP contribution in [0.25, 0.3) is 0 Å². The van der Waals surface area contributed by atoms with Crippen LogP contribution in [0.5, 0.6) is 0 Å². The van der Waals surface area contributed by atoms with Gasteiger partial charge in [0.05, 0.1) is 5.60 Å². The number of rotatable bonds is 5. The van der Waals surface area contributed by atoms with Gasteiger partial charge in [-0.3, -0.25) is 0 Å². The molecular formula is C13H28N2O. The molecule has 0 aromatic rings. The van der Waals surface area contributed by atoms with Gasteiger partial charge in [-0.15, -0.1) is 0 Å². The van der Waals surface area contributed by atoms with Gasteiger partial charge in [-0.05, 0) is 52.9 Å². The molecule has 96 valence electrons. The first-order chi connectivity index (χ1) is 7.48. The minimum atomic E-state index is -0.531. The van der Waals surface area contributed by atoms with Gasteiger partial charge >= 0.3 is 0 Å². The highest BCUT2D eigenvalue weighted by atomic mass is 16.3. The first-order valence-electron chi connectivity index (χ1n) is 6.63. The molecule has 1 heterocycles. The zero-order valence-corrected chi connectivity index (χ0v) is 11.4. The van der Waals surface area contributed by atoms with Crippen LogP contribution in [0.4, 0.5) is 0 Å². The maximum atomic E-state index is 10.1. The molecular weight excluding hydrogens is 200 g/mol. The summed E-state index contributed by atoms with van der Waals surface area (Å²) < 4.78 is 0. The Labute approximate surface area is 100 Å². The molecule has 3 nitrogen and oxygen atoms in total. The van der Waals surface area contributed by atoms with Crippen molar-refractivity contribution >= 4 is 0 Å². The fourth-order valence-corrected chi connectivity index (χ4v) is 2.45. The molecule has 0 amide bonds. The van der Waals surface area contributed by atoms with Crippen LogP contribution < -0.4 is 0 Å². The summed E-state index contributed by atoms with van der Waals surface area (Å²) in [5, 5.41) is 10.1. The average molecular weight is 228 g/mol. The third kappa shape index (κ3) is 4.04. The second-order valence-electron chi connectivity index (χ2n) is 5.43. The van der Waals surface area contributed by atoms with E-state index in [0.717, 1.165) is 13.0 Å². The van der Waals surface area contributed by atoms with E-state index in [1.807, 2.05) is 13.8 Å². The van der Waals surface area contributed by atoms with Gasteiger partial charge in [0.1, 0.15) is 0 Å². The smallest absolute Gasteiger partial charge is 0.0743 e. The van der Waals surface area contributed by atoms with E-state index in [9.17, 15) is 5.11 Å². The number of hydrogen-bond acceptors (Lipinski definition) is 3. The van der Waals surface area contributed by atoms with Gasteiger partial charge < -0.3 is 14.9 Å². The molecule has 1 saturated heterocycles. The molecule has 16 heavy (non-hydrogen) atoms. The molecule has 0 saturated carbocycles. The second-order valence-corrected chi connectivity index (χ2v) is 5.43. The van der Waals surface area contributed by atoms with Crippen molar-refractivity contribution in [3.8, 4) is 0 Å². The number of likely N-dealkylation sites (N-methyl/N-ethyl adjacent to an activating group) is 1. The topological polar surface area (TPSA) is 26.7 Å². The summed E-state index contributed by atoms with van der Waals surface area (Å²) in [5.41, 5.74) is -0.531. The van der Waals surface area contributed by atoms with Crippen molar-refractivity contribution in [3.05, 3.63) is 0 Å². The molecule has 0 aromatic heterocycles.